The van der Waals surface area contributed by atoms with E-state index in [4.69, 9.17) is 9.47 Å². The van der Waals surface area contributed by atoms with Crippen LogP contribution in [0.15, 0.2) is 35.4 Å². The molecule has 1 aliphatic heterocycles. The molecule has 1 heterocycles. The SMILES string of the molecule is CCOC(=O)/C=C1\SCC(=O)N1CCOC(=O)c1ccc(OC(F)F)cc1. The number of halogens is 2. The van der Waals surface area contributed by atoms with E-state index in [2.05, 4.69) is 4.74 Å². The number of ether oxygens (including phenoxy) is 3. The average Bonchev–Trinajstić information content (AvgIpc) is 2.95. The van der Waals surface area contributed by atoms with Gasteiger partial charge in [0.15, 0.2) is 0 Å². The molecule has 10 heteroatoms. The van der Waals surface area contributed by atoms with Gasteiger partial charge in [-0.15, -0.1) is 0 Å². The van der Waals surface area contributed by atoms with Crippen LogP contribution in [0, 0.1) is 0 Å². The molecule has 1 aromatic carbocycles. The maximum atomic E-state index is 12.1. The molecule has 27 heavy (non-hydrogen) atoms. The highest BCUT2D eigenvalue weighted by atomic mass is 32.2. The van der Waals surface area contributed by atoms with Crippen molar-refractivity contribution in [1.82, 2.24) is 4.90 Å². The Morgan fingerprint density at radius 3 is 2.59 bits per heavy atom. The maximum absolute atomic E-state index is 12.1. The molecule has 1 aliphatic rings. The second kappa shape index (κ2) is 9.91. The van der Waals surface area contributed by atoms with Crippen LogP contribution in [0.3, 0.4) is 0 Å². The Morgan fingerprint density at radius 2 is 1.96 bits per heavy atom. The highest BCUT2D eigenvalue weighted by Crippen LogP contribution is 2.28. The van der Waals surface area contributed by atoms with Crippen LogP contribution in [0.5, 0.6) is 5.75 Å². The molecule has 0 atom stereocenters. The van der Waals surface area contributed by atoms with E-state index >= 15 is 0 Å². The molecule has 0 spiro atoms. The molecule has 146 valence electrons. The van der Waals surface area contributed by atoms with Crippen LogP contribution in [-0.4, -0.2) is 54.9 Å². The fraction of sp³-hybridized carbons (Fsp3) is 0.353. The van der Waals surface area contributed by atoms with Gasteiger partial charge in [0.25, 0.3) is 0 Å². The summed E-state index contributed by atoms with van der Waals surface area (Å²) in [4.78, 5) is 36.7. The summed E-state index contributed by atoms with van der Waals surface area (Å²) >= 11 is 1.20. The number of carbonyl (C=O) groups is 3. The number of alkyl halides is 2. The predicted octanol–water partition coefficient (Wildman–Crippen LogP) is 2.42. The smallest absolute Gasteiger partial charge is 0.387 e. The summed E-state index contributed by atoms with van der Waals surface area (Å²) in [6, 6.07) is 5.04. The zero-order valence-electron chi connectivity index (χ0n) is 14.4. The Labute approximate surface area is 158 Å². The van der Waals surface area contributed by atoms with Crippen LogP contribution in [0.2, 0.25) is 0 Å². The summed E-state index contributed by atoms with van der Waals surface area (Å²) in [7, 11) is 0. The number of thioether (sulfide) groups is 1. The van der Waals surface area contributed by atoms with Crippen molar-refractivity contribution in [3.8, 4) is 5.75 Å². The third-order valence-electron chi connectivity index (χ3n) is 3.30. The van der Waals surface area contributed by atoms with E-state index in [-0.39, 0.29) is 42.7 Å². The Bertz CT molecular complexity index is 723. The van der Waals surface area contributed by atoms with Gasteiger partial charge in [-0.1, -0.05) is 11.8 Å². The number of hydrogen-bond donors (Lipinski definition) is 0. The number of esters is 2. The number of rotatable bonds is 8. The van der Waals surface area contributed by atoms with Crippen molar-refractivity contribution in [2.45, 2.75) is 13.5 Å². The van der Waals surface area contributed by atoms with Crippen molar-refractivity contribution < 1.29 is 37.4 Å². The summed E-state index contributed by atoms with van der Waals surface area (Å²) in [6.07, 6.45) is 1.22. The molecular weight excluding hydrogens is 384 g/mol. The number of carbonyl (C=O) groups excluding carboxylic acids is 3. The monoisotopic (exact) mass is 401 g/mol. The molecule has 0 radical (unpaired) electrons. The second-order valence-corrected chi connectivity index (χ2v) is 6.10. The summed E-state index contributed by atoms with van der Waals surface area (Å²) in [5.41, 5.74) is 0.154. The Kier molecular flexibility index (Phi) is 7.59. The van der Waals surface area contributed by atoms with Crippen LogP contribution >= 0.6 is 11.8 Å². The molecule has 0 saturated carbocycles. The molecule has 0 unspecified atom stereocenters. The molecule has 1 saturated heterocycles. The minimum atomic E-state index is -2.95. The lowest BCUT2D eigenvalue weighted by Gasteiger charge is -2.16. The molecule has 7 nitrogen and oxygen atoms in total. The molecule has 0 bridgehead atoms. The quantitative estimate of drug-likeness (QED) is 0.489. The van der Waals surface area contributed by atoms with Gasteiger partial charge in [0.05, 0.1) is 35.6 Å². The van der Waals surface area contributed by atoms with Gasteiger partial charge in [0.1, 0.15) is 12.4 Å². The summed E-state index contributed by atoms with van der Waals surface area (Å²) in [5, 5.41) is 0.433. The van der Waals surface area contributed by atoms with Crippen LogP contribution in [0.25, 0.3) is 0 Å². The second-order valence-electron chi connectivity index (χ2n) is 5.11. The minimum Gasteiger partial charge on any atom is -0.463 e. The lowest BCUT2D eigenvalue weighted by Crippen LogP contribution is -2.29. The molecule has 0 N–H and O–H groups in total. The van der Waals surface area contributed by atoms with Gasteiger partial charge in [-0.3, -0.25) is 4.79 Å². The summed E-state index contributed by atoms with van der Waals surface area (Å²) in [6.45, 7) is -1.07. The predicted molar refractivity (Wildman–Crippen MR) is 92.2 cm³/mol. The molecule has 1 fully saturated rings. The standard InChI is InChI=1S/C17H17F2NO6S/c1-2-24-15(22)9-14-20(13(21)10-27-14)7-8-25-16(23)11-3-5-12(6-4-11)26-17(18)19/h3-6,9,17H,2,7-8,10H2,1H3/b14-9-. The van der Waals surface area contributed by atoms with Crippen LogP contribution in [0.4, 0.5) is 8.78 Å². The van der Waals surface area contributed by atoms with Crippen molar-refractivity contribution in [2.24, 2.45) is 0 Å². The topological polar surface area (TPSA) is 82.1 Å². The minimum absolute atomic E-state index is 0.0741. The van der Waals surface area contributed by atoms with E-state index in [9.17, 15) is 23.2 Å². The maximum Gasteiger partial charge on any atom is 0.387 e. The van der Waals surface area contributed by atoms with Gasteiger partial charge >= 0.3 is 18.6 Å². The highest BCUT2D eigenvalue weighted by Gasteiger charge is 2.27. The molecule has 1 aromatic rings. The normalized spacial score (nSPS) is 15.3. The Morgan fingerprint density at radius 1 is 1.26 bits per heavy atom. The summed E-state index contributed by atoms with van der Waals surface area (Å²) < 4.78 is 38.3. The van der Waals surface area contributed by atoms with Crippen LogP contribution in [0.1, 0.15) is 17.3 Å². The molecule has 2 rings (SSSR count). The third kappa shape index (κ3) is 6.24. The van der Waals surface area contributed by atoms with Crippen molar-refractivity contribution in [3.63, 3.8) is 0 Å². The molecule has 0 aromatic heterocycles. The first kappa shape index (κ1) is 20.7. The van der Waals surface area contributed by atoms with E-state index in [0.717, 1.165) is 0 Å². The van der Waals surface area contributed by atoms with Crippen LogP contribution < -0.4 is 4.74 Å². The van der Waals surface area contributed by atoms with Crippen molar-refractivity contribution in [1.29, 1.82) is 0 Å². The average molecular weight is 401 g/mol. The van der Waals surface area contributed by atoms with Crippen LogP contribution in [-0.2, 0) is 19.1 Å². The molecular formula is C17H17F2NO6S. The summed E-state index contributed by atoms with van der Waals surface area (Å²) in [5.74, 6) is -1.32. The molecule has 1 amide bonds. The van der Waals surface area contributed by atoms with E-state index in [1.54, 1.807) is 6.92 Å². The van der Waals surface area contributed by atoms with E-state index < -0.39 is 18.6 Å². The first-order chi connectivity index (χ1) is 12.9. The highest BCUT2D eigenvalue weighted by molar-refractivity contribution is 8.04. The lowest BCUT2D eigenvalue weighted by molar-refractivity contribution is -0.137. The zero-order valence-corrected chi connectivity index (χ0v) is 15.2. The molecule has 0 aliphatic carbocycles. The van der Waals surface area contributed by atoms with Gasteiger partial charge in [-0.25, -0.2) is 9.59 Å². The largest absolute Gasteiger partial charge is 0.463 e. The fourth-order valence-electron chi connectivity index (χ4n) is 2.14. The Balaban J connectivity index is 1.87. The van der Waals surface area contributed by atoms with Crippen molar-refractivity contribution in [2.75, 3.05) is 25.5 Å². The number of nitrogens with zero attached hydrogens (tertiary/aromatic N) is 1. The fourth-order valence-corrected chi connectivity index (χ4v) is 3.09. The zero-order chi connectivity index (χ0) is 19.8. The number of hydrogen-bond acceptors (Lipinski definition) is 7. The van der Waals surface area contributed by atoms with Gasteiger partial charge in [-0.2, -0.15) is 8.78 Å². The van der Waals surface area contributed by atoms with Crippen molar-refractivity contribution >= 4 is 29.6 Å². The van der Waals surface area contributed by atoms with Crippen molar-refractivity contribution in [3.05, 3.63) is 40.9 Å². The first-order valence-electron chi connectivity index (χ1n) is 7.94. The lowest BCUT2D eigenvalue weighted by atomic mass is 10.2. The van der Waals surface area contributed by atoms with Gasteiger partial charge in [0, 0.05) is 0 Å². The third-order valence-corrected chi connectivity index (χ3v) is 4.33. The van der Waals surface area contributed by atoms with E-state index in [1.807, 2.05) is 0 Å². The number of amides is 1. The first-order valence-corrected chi connectivity index (χ1v) is 8.93. The van der Waals surface area contributed by atoms with E-state index in [1.165, 1.54) is 47.0 Å². The Hall–Kier alpha value is -2.62. The van der Waals surface area contributed by atoms with Gasteiger partial charge in [-0.05, 0) is 31.2 Å². The number of benzene rings is 1. The van der Waals surface area contributed by atoms with Gasteiger partial charge in [0.2, 0.25) is 5.91 Å². The van der Waals surface area contributed by atoms with E-state index in [0.29, 0.717) is 5.03 Å². The van der Waals surface area contributed by atoms with Gasteiger partial charge < -0.3 is 19.1 Å².